The number of aromatic nitrogens is 1. The highest BCUT2D eigenvalue weighted by Gasteiger charge is 2.19. The summed E-state index contributed by atoms with van der Waals surface area (Å²) < 4.78 is 11.2. The fourth-order valence-corrected chi connectivity index (χ4v) is 3.67. The highest BCUT2D eigenvalue weighted by molar-refractivity contribution is 6.32. The molecule has 1 N–H and O–H groups in total. The van der Waals surface area contributed by atoms with Gasteiger partial charge in [-0.2, -0.15) is 0 Å². The quantitative estimate of drug-likeness (QED) is 0.395. The number of carbonyl (C=O) groups is 1. The molecule has 3 aromatic rings. The van der Waals surface area contributed by atoms with Crippen LogP contribution in [0, 0.1) is 20.8 Å². The third-order valence-electron chi connectivity index (χ3n) is 4.87. The zero-order valence-corrected chi connectivity index (χ0v) is 17.6. The number of ether oxygens (including phenoxy) is 2. The van der Waals surface area contributed by atoms with Crippen LogP contribution >= 0.6 is 11.6 Å². The lowest BCUT2D eigenvalue weighted by Crippen LogP contribution is -2.09. The van der Waals surface area contributed by atoms with Crippen LogP contribution in [0.25, 0.3) is 10.9 Å². The summed E-state index contributed by atoms with van der Waals surface area (Å²) in [6.07, 6.45) is 1.51. The molecule has 0 aliphatic rings. The van der Waals surface area contributed by atoms with Crippen LogP contribution in [0.2, 0.25) is 5.02 Å². The number of rotatable bonds is 7. The molecular weight excluding hydrogens is 374 g/mol. The summed E-state index contributed by atoms with van der Waals surface area (Å²) in [4.78, 5) is 15.6. The Morgan fingerprint density at radius 1 is 1.11 bits per heavy atom. The summed E-state index contributed by atoms with van der Waals surface area (Å²) in [5.74, 6) is 0.512. The number of benzene rings is 2. The standard InChI is InChI=1S/C23H26ClNO3/c1-5-27-23(26)22-18(20-14(2)8-6-10-19(20)25-22)9-7-11-28-17-12-15(3)21(24)16(4)13-17/h6,8,10,12-13,25H,5,7,9,11H2,1-4H3. The molecule has 28 heavy (non-hydrogen) atoms. The first-order chi connectivity index (χ1) is 13.4. The summed E-state index contributed by atoms with van der Waals surface area (Å²) in [6, 6.07) is 9.94. The van der Waals surface area contributed by atoms with E-state index in [-0.39, 0.29) is 5.97 Å². The summed E-state index contributed by atoms with van der Waals surface area (Å²) in [7, 11) is 0. The number of hydrogen-bond acceptors (Lipinski definition) is 3. The number of halogens is 1. The number of esters is 1. The van der Waals surface area contributed by atoms with Crippen molar-refractivity contribution in [3.05, 3.63) is 63.3 Å². The van der Waals surface area contributed by atoms with Crippen LogP contribution in [0.15, 0.2) is 30.3 Å². The molecule has 0 spiro atoms. The van der Waals surface area contributed by atoms with Gasteiger partial charge in [0.05, 0.1) is 13.2 Å². The average Bonchev–Trinajstić information content (AvgIpc) is 3.03. The van der Waals surface area contributed by atoms with Gasteiger partial charge in [0.25, 0.3) is 0 Å². The Kier molecular flexibility index (Phi) is 6.30. The molecular formula is C23H26ClNO3. The maximum Gasteiger partial charge on any atom is 0.355 e. The maximum atomic E-state index is 12.4. The van der Waals surface area contributed by atoms with Crippen molar-refractivity contribution < 1.29 is 14.3 Å². The number of hydrogen-bond donors (Lipinski definition) is 1. The SMILES string of the molecule is CCOC(=O)c1[nH]c2cccc(C)c2c1CCCOc1cc(C)c(Cl)c(C)c1. The van der Waals surface area contributed by atoms with Crippen LogP contribution in [0.5, 0.6) is 5.75 Å². The number of nitrogens with one attached hydrogen (secondary N) is 1. The van der Waals surface area contributed by atoms with Gasteiger partial charge in [-0.3, -0.25) is 0 Å². The molecule has 1 heterocycles. The Hall–Kier alpha value is -2.46. The van der Waals surface area contributed by atoms with Crippen molar-refractivity contribution in [3.63, 3.8) is 0 Å². The average molecular weight is 400 g/mol. The van der Waals surface area contributed by atoms with E-state index in [0.717, 1.165) is 56.8 Å². The minimum atomic E-state index is -0.307. The van der Waals surface area contributed by atoms with E-state index in [9.17, 15) is 4.79 Å². The molecule has 5 heteroatoms. The summed E-state index contributed by atoms with van der Waals surface area (Å²) >= 11 is 6.22. The normalized spacial score (nSPS) is 11.0. The van der Waals surface area contributed by atoms with E-state index in [2.05, 4.69) is 18.0 Å². The molecule has 0 amide bonds. The molecule has 4 nitrogen and oxygen atoms in total. The Morgan fingerprint density at radius 2 is 1.82 bits per heavy atom. The van der Waals surface area contributed by atoms with Gasteiger partial charge in [-0.25, -0.2) is 4.79 Å². The molecule has 148 valence electrons. The summed E-state index contributed by atoms with van der Waals surface area (Å²) in [5.41, 5.74) is 5.66. The molecule has 0 aliphatic heterocycles. The summed E-state index contributed by atoms with van der Waals surface area (Å²) in [6.45, 7) is 8.73. The van der Waals surface area contributed by atoms with Crippen LogP contribution < -0.4 is 4.74 Å². The van der Waals surface area contributed by atoms with E-state index in [1.165, 1.54) is 0 Å². The molecule has 0 radical (unpaired) electrons. The molecule has 0 atom stereocenters. The fourth-order valence-electron chi connectivity index (χ4n) is 3.56. The zero-order chi connectivity index (χ0) is 20.3. The van der Waals surface area contributed by atoms with Gasteiger partial charge in [-0.1, -0.05) is 23.7 Å². The van der Waals surface area contributed by atoms with Crippen LogP contribution in [-0.4, -0.2) is 24.2 Å². The number of fused-ring (bicyclic) bond motifs is 1. The van der Waals surface area contributed by atoms with Gasteiger partial charge in [-0.15, -0.1) is 0 Å². The van der Waals surface area contributed by atoms with Crippen LogP contribution in [0.3, 0.4) is 0 Å². The van der Waals surface area contributed by atoms with Crippen LogP contribution in [-0.2, 0) is 11.2 Å². The second kappa shape index (κ2) is 8.70. The topological polar surface area (TPSA) is 51.3 Å². The first kappa shape index (κ1) is 20.3. The third kappa shape index (κ3) is 4.17. The Morgan fingerprint density at radius 3 is 2.50 bits per heavy atom. The molecule has 2 aromatic carbocycles. The van der Waals surface area contributed by atoms with Crippen molar-refractivity contribution in [2.24, 2.45) is 0 Å². The molecule has 3 rings (SSSR count). The van der Waals surface area contributed by atoms with Crippen molar-refractivity contribution in [2.75, 3.05) is 13.2 Å². The minimum Gasteiger partial charge on any atom is -0.494 e. The Labute approximate surface area is 170 Å². The van der Waals surface area contributed by atoms with Gasteiger partial charge in [0.1, 0.15) is 11.4 Å². The van der Waals surface area contributed by atoms with Crippen molar-refractivity contribution >= 4 is 28.5 Å². The fraction of sp³-hybridized carbons (Fsp3) is 0.348. The maximum absolute atomic E-state index is 12.4. The van der Waals surface area contributed by atoms with Crippen molar-refractivity contribution in [3.8, 4) is 5.75 Å². The van der Waals surface area contributed by atoms with Gasteiger partial charge in [0, 0.05) is 15.9 Å². The highest BCUT2D eigenvalue weighted by atomic mass is 35.5. The molecule has 0 fully saturated rings. The molecule has 0 saturated carbocycles. The van der Waals surface area contributed by atoms with Crippen LogP contribution in [0.1, 0.15) is 46.1 Å². The van der Waals surface area contributed by atoms with Gasteiger partial charge in [0.15, 0.2) is 0 Å². The Balaban J connectivity index is 1.76. The van der Waals surface area contributed by atoms with E-state index < -0.39 is 0 Å². The van der Waals surface area contributed by atoms with Crippen molar-refractivity contribution in [1.82, 2.24) is 4.98 Å². The van der Waals surface area contributed by atoms with Gasteiger partial charge < -0.3 is 14.5 Å². The molecule has 0 saturated heterocycles. The predicted octanol–water partition coefficient (Wildman–Crippen LogP) is 5.93. The lowest BCUT2D eigenvalue weighted by molar-refractivity contribution is 0.0519. The largest absolute Gasteiger partial charge is 0.494 e. The number of carbonyl (C=O) groups excluding carboxylic acids is 1. The van der Waals surface area contributed by atoms with E-state index in [4.69, 9.17) is 21.1 Å². The molecule has 0 unspecified atom stereocenters. The first-order valence-electron chi connectivity index (χ1n) is 9.59. The van der Waals surface area contributed by atoms with Gasteiger partial charge >= 0.3 is 5.97 Å². The highest BCUT2D eigenvalue weighted by Crippen LogP contribution is 2.28. The minimum absolute atomic E-state index is 0.307. The van der Waals surface area contributed by atoms with E-state index in [1.807, 2.05) is 45.0 Å². The number of aryl methyl sites for hydroxylation is 4. The van der Waals surface area contributed by atoms with Crippen molar-refractivity contribution in [2.45, 2.75) is 40.5 Å². The van der Waals surface area contributed by atoms with Gasteiger partial charge in [-0.05, 0) is 81.0 Å². The third-order valence-corrected chi connectivity index (χ3v) is 5.46. The van der Waals surface area contributed by atoms with E-state index in [1.54, 1.807) is 0 Å². The van der Waals surface area contributed by atoms with Crippen LogP contribution in [0.4, 0.5) is 0 Å². The molecule has 0 bridgehead atoms. The number of H-pyrrole nitrogens is 1. The smallest absolute Gasteiger partial charge is 0.355 e. The zero-order valence-electron chi connectivity index (χ0n) is 16.8. The predicted molar refractivity (Wildman–Crippen MR) is 114 cm³/mol. The first-order valence-corrected chi connectivity index (χ1v) is 9.97. The summed E-state index contributed by atoms with van der Waals surface area (Å²) in [5, 5.41) is 1.88. The second-order valence-electron chi connectivity index (χ2n) is 7.02. The Bertz CT molecular complexity index is 983. The van der Waals surface area contributed by atoms with E-state index >= 15 is 0 Å². The monoisotopic (exact) mass is 399 g/mol. The molecule has 0 aliphatic carbocycles. The second-order valence-corrected chi connectivity index (χ2v) is 7.40. The lowest BCUT2D eigenvalue weighted by Gasteiger charge is -2.10. The molecule has 1 aromatic heterocycles. The number of aromatic amines is 1. The van der Waals surface area contributed by atoms with Gasteiger partial charge in [0.2, 0.25) is 0 Å². The lowest BCUT2D eigenvalue weighted by atomic mass is 10.0. The van der Waals surface area contributed by atoms with E-state index in [0.29, 0.717) is 18.9 Å². The van der Waals surface area contributed by atoms with Crippen molar-refractivity contribution in [1.29, 1.82) is 0 Å².